The van der Waals surface area contributed by atoms with Crippen molar-refractivity contribution in [1.29, 1.82) is 0 Å². The van der Waals surface area contributed by atoms with Crippen molar-refractivity contribution in [3.05, 3.63) is 65.7 Å². The monoisotopic (exact) mass is 374 g/mol. The number of carbonyl (C=O) groups is 1. The predicted octanol–water partition coefficient (Wildman–Crippen LogP) is 3.28. The Morgan fingerprint density at radius 3 is 2.12 bits per heavy atom. The van der Waals surface area contributed by atoms with Gasteiger partial charge in [0.05, 0.1) is 18.0 Å². The molecule has 1 amide bonds. The number of carbonyl (C=O) groups excluding carboxylic acids is 1. The molecule has 2 atom stereocenters. The summed E-state index contributed by atoms with van der Waals surface area (Å²) >= 11 is 0. The smallest absolute Gasteiger partial charge is 0.244 e. The van der Waals surface area contributed by atoms with Crippen molar-refractivity contribution in [2.75, 3.05) is 10.6 Å². The van der Waals surface area contributed by atoms with E-state index in [2.05, 4.69) is 5.32 Å². The van der Waals surface area contributed by atoms with Crippen LogP contribution in [0.3, 0.4) is 0 Å². The van der Waals surface area contributed by atoms with Gasteiger partial charge in [-0.05, 0) is 43.5 Å². The molecule has 0 aliphatic carbocycles. The van der Waals surface area contributed by atoms with Crippen molar-refractivity contribution in [2.24, 2.45) is 0 Å². The number of benzene rings is 2. The normalized spacial score (nSPS) is 13.7. The summed E-state index contributed by atoms with van der Waals surface area (Å²) in [5.74, 6) is -0.341. The first kappa shape index (κ1) is 20.0. The van der Waals surface area contributed by atoms with Gasteiger partial charge >= 0.3 is 0 Å². The van der Waals surface area contributed by atoms with Crippen LogP contribution in [0.2, 0.25) is 0 Å². The Balaban J connectivity index is 2.23. The first-order chi connectivity index (χ1) is 12.2. The second kappa shape index (κ2) is 8.36. The molecule has 2 aromatic rings. The SMILES string of the molecule is CCc1ccc(N(C(C)C(=O)N[C@H](C)c2ccccc2)S(C)(=O)=O)cc1. The highest BCUT2D eigenvalue weighted by Crippen LogP contribution is 2.22. The van der Waals surface area contributed by atoms with Gasteiger partial charge in [-0.1, -0.05) is 49.4 Å². The molecule has 6 heteroatoms. The summed E-state index contributed by atoms with van der Waals surface area (Å²) in [6.07, 6.45) is 1.98. The lowest BCUT2D eigenvalue weighted by molar-refractivity contribution is -0.122. The van der Waals surface area contributed by atoms with Gasteiger partial charge in [0, 0.05) is 0 Å². The minimum absolute atomic E-state index is 0.213. The molecule has 0 radical (unpaired) electrons. The number of hydrogen-bond acceptors (Lipinski definition) is 3. The summed E-state index contributed by atoms with van der Waals surface area (Å²) in [6.45, 7) is 5.51. The third-order valence-electron chi connectivity index (χ3n) is 4.35. The lowest BCUT2D eigenvalue weighted by Gasteiger charge is -2.29. The lowest BCUT2D eigenvalue weighted by atomic mass is 10.1. The van der Waals surface area contributed by atoms with Gasteiger partial charge in [0.2, 0.25) is 15.9 Å². The number of amides is 1. The van der Waals surface area contributed by atoms with Crippen molar-refractivity contribution in [3.8, 4) is 0 Å². The average Bonchev–Trinajstić information content (AvgIpc) is 2.61. The second-order valence-electron chi connectivity index (χ2n) is 6.40. The maximum atomic E-state index is 12.7. The van der Waals surface area contributed by atoms with Crippen LogP contribution in [0.5, 0.6) is 0 Å². The second-order valence-corrected chi connectivity index (χ2v) is 8.26. The van der Waals surface area contributed by atoms with Crippen molar-refractivity contribution >= 4 is 21.6 Å². The van der Waals surface area contributed by atoms with Crippen LogP contribution < -0.4 is 9.62 Å². The van der Waals surface area contributed by atoms with Crippen LogP contribution in [0, 0.1) is 0 Å². The first-order valence-electron chi connectivity index (χ1n) is 8.67. The summed E-state index contributed by atoms with van der Waals surface area (Å²) in [6, 6.07) is 15.7. The molecule has 26 heavy (non-hydrogen) atoms. The number of nitrogens with one attached hydrogen (secondary N) is 1. The summed E-state index contributed by atoms with van der Waals surface area (Å²) in [4.78, 5) is 12.7. The zero-order valence-corrected chi connectivity index (χ0v) is 16.5. The third kappa shape index (κ3) is 4.85. The fourth-order valence-electron chi connectivity index (χ4n) is 2.85. The van der Waals surface area contributed by atoms with E-state index in [1.165, 1.54) is 4.31 Å². The van der Waals surface area contributed by atoms with Gasteiger partial charge < -0.3 is 5.32 Å². The summed E-state index contributed by atoms with van der Waals surface area (Å²) in [5.41, 5.74) is 2.56. The number of aryl methyl sites for hydroxylation is 1. The lowest BCUT2D eigenvalue weighted by Crippen LogP contribution is -2.48. The molecule has 0 saturated heterocycles. The minimum atomic E-state index is -3.61. The predicted molar refractivity (Wildman–Crippen MR) is 106 cm³/mol. The number of anilines is 1. The first-order valence-corrected chi connectivity index (χ1v) is 10.5. The molecular weight excluding hydrogens is 348 g/mol. The molecule has 0 saturated carbocycles. The van der Waals surface area contributed by atoms with E-state index in [1.54, 1.807) is 19.1 Å². The molecule has 0 fully saturated rings. The molecule has 5 nitrogen and oxygen atoms in total. The fourth-order valence-corrected chi connectivity index (χ4v) is 4.02. The molecule has 0 spiro atoms. The van der Waals surface area contributed by atoms with Crippen LogP contribution >= 0.6 is 0 Å². The van der Waals surface area contributed by atoms with Crippen molar-refractivity contribution in [2.45, 2.75) is 39.3 Å². The molecule has 0 bridgehead atoms. The Labute approximate surface area is 156 Å². The Morgan fingerprint density at radius 1 is 1.04 bits per heavy atom. The largest absolute Gasteiger partial charge is 0.348 e. The van der Waals surface area contributed by atoms with E-state index >= 15 is 0 Å². The standard InChI is InChI=1S/C20H26N2O3S/c1-5-17-11-13-19(14-12-17)22(26(4,24)25)16(3)20(23)21-15(2)18-9-7-6-8-10-18/h6-16H,5H2,1-4H3,(H,21,23)/t15-,16?/m1/s1. The van der Waals surface area contributed by atoms with Crippen LogP contribution in [-0.4, -0.2) is 26.6 Å². The maximum absolute atomic E-state index is 12.7. The highest BCUT2D eigenvalue weighted by atomic mass is 32.2. The minimum Gasteiger partial charge on any atom is -0.348 e. The van der Waals surface area contributed by atoms with Crippen molar-refractivity contribution in [1.82, 2.24) is 5.32 Å². The quantitative estimate of drug-likeness (QED) is 0.809. The number of nitrogens with zero attached hydrogens (tertiary/aromatic N) is 1. The summed E-state index contributed by atoms with van der Waals surface area (Å²) in [5, 5.41) is 2.90. The van der Waals surface area contributed by atoms with Crippen molar-refractivity contribution in [3.63, 3.8) is 0 Å². The highest BCUT2D eigenvalue weighted by Gasteiger charge is 2.29. The average molecular weight is 375 g/mol. The zero-order valence-electron chi connectivity index (χ0n) is 15.6. The topological polar surface area (TPSA) is 66.5 Å². The molecule has 1 unspecified atom stereocenters. The molecule has 2 aromatic carbocycles. The third-order valence-corrected chi connectivity index (χ3v) is 5.59. The van der Waals surface area contributed by atoms with E-state index in [4.69, 9.17) is 0 Å². The van der Waals surface area contributed by atoms with Crippen LogP contribution in [-0.2, 0) is 21.2 Å². The Hall–Kier alpha value is -2.34. The van der Waals surface area contributed by atoms with E-state index in [0.29, 0.717) is 5.69 Å². The zero-order chi connectivity index (χ0) is 19.3. The van der Waals surface area contributed by atoms with Crippen molar-refractivity contribution < 1.29 is 13.2 Å². The highest BCUT2D eigenvalue weighted by molar-refractivity contribution is 7.92. The van der Waals surface area contributed by atoms with Gasteiger partial charge in [0.1, 0.15) is 6.04 Å². The molecule has 2 rings (SSSR count). The Kier molecular flexibility index (Phi) is 6.42. The van der Waals surface area contributed by atoms with Crippen LogP contribution in [0.1, 0.15) is 37.9 Å². The van der Waals surface area contributed by atoms with Gasteiger partial charge in [-0.15, -0.1) is 0 Å². The van der Waals surface area contributed by atoms with Crippen LogP contribution in [0.15, 0.2) is 54.6 Å². The molecule has 140 valence electrons. The van der Waals surface area contributed by atoms with E-state index < -0.39 is 16.1 Å². The van der Waals surface area contributed by atoms with Gasteiger partial charge in [-0.2, -0.15) is 0 Å². The Morgan fingerprint density at radius 2 is 1.62 bits per heavy atom. The molecule has 0 aliphatic rings. The van der Waals surface area contributed by atoms with Crippen LogP contribution in [0.25, 0.3) is 0 Å². The maximum Gasteiger partial charge on any atom is 0.244 e. The van der Waals surface area contributed by atoms with E-state index in [1.807, 2.05) is 56.3 Å². The molecule has 1 N–H and O–H groups in total. The van der Waals surface area contributed by atoms with Gasteiger partial charge in [0.25, 0.3) is 0 Å². The molecular formula is C20H26N2O3S. The molecule has 0 aliphatic heterocycles. The number of sulfonamides is 1. The van der Waals surface area contributed by atoms with E-state index in [9.17, 15) is 13.2 Å². The van der Waals surface area contributed by atoms with Crippen LogP contribution in [0.4, 0.5) is 5.69 Å². The van der Waals surface area contributed by atoms with Gasteiger partial charge in [0.15, 0.2) is 0 Å². The Bertz CT molecular complexity index is 833. The fraction of sp³-hybridized carbons (Fsp3) is 0.350. The number of rotatable bonds is 7. The summed E-state index contributed by atoms with van der Waals surface area (Å²) in [7, 11) is -3.61. The van der Waals surface area contributed by atoms with E-state index in [0.717, 1.165) is 23.8 Å². The van der Waals surface area contributed by atoms with Gasteiger partial charge in [-0.25, -0.2) is 8.42 Å². The summed E-state index contributed by atoms with van der Waals surface area (Å²) < 4.78 is 25.8. The molecule has 0 heterocycles. The van der Waals surface area contributed by atoms with E-state index in [-0.39, 0.29) is 11.9 Å². The number of hydrogen-bond donors (Lipinski definition) is 1. The van der Waals surface area contributed by atoms with Gasteiger partial charge in [-0.3, -0.25) is 9.10 Å². The molecule has 0 aromatic heterocycles.